The summed E-state index contributed by atoms with van der Waals surface area (Å²) in [5.41, 5.74) is 2.28. The van der Waals surface area contributed by atoms with Crippen LogP contribution in [0.5, 0.6) is 0 Å². The van der Waals surface area contributed by atoms with Crippen LogP contribution in [0, 0.1) is 11.7 Å². The van der Waals surface area contributed by atoms with E-state index in [1.165, 1.54) is 12.1 Å². The van der Waals surface area contributed by atoms with Gasteiger partial charge in [-0.25, -0.2) is 9.38 Å². The molecule has 152 valence electrons. The third-order valence-corrected chi connectivity index (χ3v) is 5.14. The quantitative estimate of drug-likeness (QED) is 0.457. The number of nitrogens with zero attached hydrogens (tertiary/aromatic N) is 2. The molecule has 0 saturated carbocycles. The molecule has 2 N–H and O–H groups in total. The maximum absolute atomic E-state index is 13.1. The molecule has 3 rings (SSSR count). The van der Waals surface area contributed by atoms with E-state index in [0.717, 1.165) is 31.4 Å². The second kappa shape index (κ2) is 9.98. The summed E-state index contributed by atoms with van der Waals surface area (Å²) < 4.78 is 13.1. The largest absolute Gasteiger partial charge is 0.395 e. The first-order valence-corrected chi connectivity index (χ1v) is 9.78. The van der Waals surface area contributed by atoms with Crippen LogP contribution in [0.1, 0.15) is 30.4 Å². The van der Waals surface area contributed by atoms with Crippen molar-refractivity contribution in [2.24, 2.45) is 16.8 Å². The number of piperidine rings is 1. The third-order valence-electron chi connectivity index (χ3n) is 5.14. The molecule has 2 aromatic carbocycles. The molecule has 1 saturated heterocycles. The highest BCUT2D eigenvalue weighted by molar-refractivity contribution is 5.86. The highest BCUT2D eigenvalue weighted by atomic mass is 19.1. The summed E-state index contributed by atoms with van der Waals surface area (Å²) >= 11 is 0. The number of carbonyl (C=O) groups is 1. The van der Waals surface area contributed by atoms with Crippen LogP contribution in [-0.2, 0) is 16.1 Å². The van der Waals surface area contributed by atoms with E-state index in [4.69, 9.17) is 10.7 Å². The average molecular weight is 395 g/mol. The summed E-state index contributed by atoms with van der Waals surface area (Å²) in [5, 5.41) is 0. The first-order chi connectivity index (χ1) is 14.1. The molecule has 1 aliphatic heterocycles. The molecule has 6 heteroatoms. The van der Waals surface area contributed by atoms with Crippen molar-refractivity contribution in [3.05, 3.63) is 78.1 Å². The number of amides is 1. The van der Waals surface area contributed by atoms with Gasteiger partial charge < -0.3 is 9.74 Å². The fourth-order valence-corrected chi connectivity index (χ4v) is 3.51. The van der Waals surface area contributed by atoms with Gasteiger partial charge in [-0.1, -0.05) is 36.9 Å². The maximum Gasteiger partial charge on any atom is 0.222 e. The summed E-state index contributed by atoms with van der Waals surface area (Å²) in [6.07, 6.45) is 2.87. The molecule has 1 heterocycles. The number of carbonyl (C=O) groups excluding carboxylic acids is 1. The summed E-state index contributed by atoms with van der Waals surface area (Å²) in [4.78, 5) is 24.0. The first-order valence-electron chi connectivity index (χ1n) is 9.78. The molecule has 0 spiro atoms. The van der Waals surface area contributed by atoms with Crippen LogP contribution in [0.3, 0.4) is 0 Å². The molecule has 1 atom stereocenters. The van der Waals surface area contributed by atoms with Crippen LogP contribution in [0.25, 0.3) is 5.70 Å². The number of nitrogens with two attached hydrogens (primary N) is 1. The first kappa shape index (κ1) is 20.7. The van der Waals surface area contributed by atoms with E-state index >= 15 is 0 Å². The SMILES string of the molecule is C=C(/N=C(\ON)C1CCCN(C(=O)CCc2ccccc2)C1)c1ccc(F)cc1. The number of hydrogen-bond acceptors (Lipinski definition) is 4. The van der Waals surface area contributed by atoms with Gasteiger partial charge in [0.15, 0.2) is 0 Å². The van der Waals surface area contributed by atoms with Crippen molar-refractivity contribution in [1.29, 1.82) is 0 Å². The lowest BCUT2D eigenvalue weighted by Gasteiger charge is -2.32. The highest BCUT2D eigenvalue weighted by Gasteiger charge is 2.28. The normalized spacial score (nSPS) is 17.1. The highest BCUT2D eigenvalue weighted by Crippen LogP contribution is 2.22. The fourth-order valence-electron chi connectivity index (χ4n) is 3.51. The van der Waals surface area contributed by atoms with Crippen LogP contribution in [0.4, 0.5) is 4.39 Å². The van der Waals surface area contributed by atoms with Gasteiger partial charge in [-0.05, 0) is 54.7 Å². The average Bonchev–Trinajstić information content (AvgIpc) is 2.77. The van der Waals surface area contributed by atoms with Gasteiger partial charge in [0.25, 0.3) is 0 Å². The molecule has 0 radical (unpaired) electrons. The zero-order valence-corrected chi connectivity index (χ0v) is 16.4. The van der Waals surface area contributed by atoms with Gasteiger partial charge in [-0.2, -0.15) is 5.90 Å². The Morgan fingerprint density at radius 1 is 1.21 bits per heavy atom. The molecule has 1 amide bonds. The maximum atomic E-state index is 13.1. The van der Waals surface area contributed by atoms with E-state index in [0.29, 0.717) is 30.1 Å². The molecular formula is C23H26FN3O2. The summed E-state index contributed by atoms with van der Waals surface area (Å²) in [6, 6.07) is 15.9. The Labute approximate surface area is 170 Å². The molecule has 29 heavy (non-hydrogen) atoms. The topological polar surface area (TPSA) is 67.9 Å². The Bertz CT molecular complexity index is 865. The van der Waals surface area contributed by atoms with E-state index in [1.54, 1.807) is 12.1 Å². The van der Waals surface area contributed by atoms with E-state index in [1.807, 2.05) is 35.2 Å². The predicted molar refractivity (Wildman–Crippen MR) is 112 cm³/mol. The van der Waals surface area contributed by atoms with Crippen LogP contribution >= 0.6 is 0 Å². The molecule has 0 aliphatic carbocycles. The Balaban J connectivity index is 1.62. The van der Waals surface area contributed by atoms with Crippen LogP contribution in [-0.4, -0.2) is 29.8 Å². The molecule has 1 unspecified atom stereocenters. The minimum atomic E-state index is -0.322. The smallest absolute Gasteiger partial charge is 0.222 e. The monoisotopic (exact) mass is 395 g/mol. The van der Waals surface area contributed by atoms with Crippen LogP contribution < -0.4 is 5.90 Å². The number of likely N-dealkylation sites (tertiary alicyclic amines) is 1. The fraction of sp³-hybridized carbons (Fsp3) is 0.304. The lowest BCUT2D eigenvalue weighted by molar-refractivity contribution is -0.132. The molecule has 0 bridgehead atoms. The summed E-state index contributed by atoms with van der Waals surface area (Å²) in [6.45, 7) is 5.17. The lowest BCUT2D eigenvalue weighted by Crippen LogP contribution is -2.43. The number of aliphatic imine (C=N–C) groups is 1. The van der Waals surface area contributed by atoms with E-state index in [2.05, 4.69) is 11.6 Å². The minimum Gasteiger partial charge on any atom is -0.395 e. The van der Waals surface area contributed by atoms with Crippen LogP contribution in [0.15, 0.2) is 66.2 Å². The van der Waals surface area contributed by atoms with Crippen molar-refractivity contribution in [1.82, 2.24) is 4.90 Å². The van der Waals surface area contributed by atoms with Crippen molar-refractivity contribution < 1.29 is 14.0 Å². The number of benzene rings is 2. The molecule has 0 aromatic heterocycles. The van der Waals surface area contributed by atoms with Gasteiger partial charge in [-0.15, -0.1) is 0 Å². The minimum absolute atomic E-state index is 0.0911. The molecular weight excluding hydrogens is 369 g/mol. The van der Waals surface area contributed by atoms with Crippen molar-refractivity contribution >= 4 is 17.5 Å². The predicted octanol–water partition coefficient (Wildman–Crippen LogP) is 3.96. The van der Waals surface area contributed by atoms with Crippen molar-refractivity contribution in [2.45, 2.75) is 25.7 Å². The van der Waals surface area contributed by atoms with Gasteiger partial charge in [0.1, 0.15) is 5.82 Å². The zero-order valence-electron chi connectivity index (χ0n) is 16.4. The van der Waals surface area contributed by atoms with E-state index in [9.17, 15) is 9.18 Å². The standard InChI is InChI=1S/C23H26FN3O2/c1-17(19-10-12-21(24)13-11-19)26-23(29-25)20-8-5-15-27(16-20)22(28)14-9-18-6-3-2-4-7-18/h2-4,6-7,10-13,20H,1,5,8-9,14-16,25H2/b26-23-. The van der Waals surface area contributed by atoms with Gasteiger partial charge >= 0.3 is 0 Å². The Morgan fingerprint density at radius 2 is 1.93 bits per heavy atom. The van der Waals surface area contributed by atoms with Gasteiger partial charge in [0, 0.05) is 19.5 Å². The number of hydrogen-bond donors (Lipinski definition) is 1. The Hall–Kier alpha value is -2.99. The van der Waals surface area contributed by atoms with Gasteiger partial charge in [-0.3, -0.25) is 4.79 Å². The zero-order chi connectivity index (χ0) is 20.6. The van der Waals surface area contributed by atoms with E-state index in [-0.39, 0.29) is 17.6 Å². The van der Waals surface area contributed by atoms with Crippen LogP contribution in [0.2, 0.25) is 0 Å². The summed E-state index contributed by atoms with van der Waals surface area (Å²) in [7, 11) is 0. The number of rotatable bonds is 6. The molecule has 5 nitrogen and oxygen atoms in total. The molecule has 2 aromatic rings. The molecule has 1 fully saturated rings. The summed E-state index contributed by atoms with van der Waals surface area (Å²) in [5.74, 6) is 5.53. The van der Waals surface area contributed by atoms with E-state index < -0.39 is 0 Å². The second-order valence-electron chi connectivity index (χ2n) is 7.19. The number of halogens is 1. The van der Waals surface area contributed by atoms with Crippen molar-refractivity contribution in [2.75, 3.05) is 13.1 Å². The second-order valence-corrected chi connectivity index (χ2v) is 7.19. The van der Waals surface area contributed by atoms with Gasteiger partial charge in [0.2, 0.25) is 11.8 Å². The van der Waals surface area contributed by atoms with Crippen molar-refractivity contribution in [3.63, 3.8) is 0 Å². The lowest BCUT2D eigenvalue weighted by atomic mass is 9.97. The Kier molecular flexibility index (Phi) is 7.14. The van der Waals surface area contributed by atoms with Crippen molar-refractivity contribution in [3.8, 4) is 0 Å². The third kappa shape index (κ3) is 5.74. The number of aryl methyl sites for hydroxylation is 1. The molecule has 1 aliphatic rings. The van der Waals surface area contributed by atoms with Gasteiger partial charge in [0.05, 0.1) is 11.6 Å². The Morgan fingerprint density at radius 3 is 2.62 bits per heavy atom.